The molecule has 0 amide bonds. The molecule has 0 saturated heterocycles. The summed E-state index contributed by atoms with van der Waals surface area (Å²) in [6.45, 7) is 5.82. The summed E-state index contributed by atoms with van der Waals surface area (Å²) in [5.41, 5.74) is 0. The molecule has 5 heteroatoms. The van der Waals surface area contributed by atoms with E-state index >= 15 is 0 Å². The predicted molar refractivity (Wildman–Crippen MR) is 111 cm³/mol. The summed E-state index contributed by atoms with van der Waals surface area (Å²) in [4.78, 5) is 23.7. The number of rotatable bonds is 14. The molecule has 0 heterocycles. The van der Waals surface area contributed by atoms with E-state index in [4.69, 9.17) is 4.74 Å². The van der Waals surface area contributed by atoms with Gasteiger partial charge in [-0.3, -0.25) is 9.59 Å². The molecule has 5 nitrogen and oxygen atoms in total. The van der Waals surface area contributed by atoms with Gasteiger partial charge in [-0.2, -0.15) is 0 Å². The molecule has 162 valence electrons. The van der Waals surface area contributed by atoms with E-state index in [9.17, 15) is 19.8 Å². The number of ketones is 1. The van der Waals surface area contributed by atoms with E-state index in [1.165, 1.54) is 0 Å². The molecule has 4 atom stereocenters. The van der Waals surface area contributed by atoms with Gasteiger partial charge < -0.3 is 14.9 Å². The van der Waals surface area contributed by atoms with Gasteiger partial charge in [0.2, 0.25) is 0 Å². The van der Waals surface area contributed by atoms with Crippen molar-refractivity contribution in [1.29, 1.82) is 0 Å². The van der Waals surface area contributed by atoms with Gasteiger partial charge in [-0.15, -0.1) is 0 Å². The highest BCUT2D eigenvalue weighted by molar-refractivity contribution is 5.84. The summed E-state index contributed by atoms with van der Waals surface area (Å²) in [7, 11) is 0. The molecular weight excluding hydrogens is 356 g/mol. The number of carbonyl (C=O) groups excluding carboxylic acids is 2. The van der Waals surface area contributed by atoms with E-state index in [2.05, 4.69) is 6.92 Å². The fraction of sp³-hybridized carbons (Fsp3) is 0.826. The lowest BCUT2D eigenvalue weighted by atomic mass is 9.88. The lowest BCUT2D eigenvalue weighted by molar-refractivity contribution is -0.147. The molecule has 0 bridgehead atoms. The minimum absolute atomic E-state index is 0.0672. The van der Waals surface area contributed by atoms with Gasteiger partial charge in [0.15, 0.2) is 0 Å². The van der Waals surface area contributed by atoms with Crippen LogP contribution in [0.3, 0.4) is 0 Å². The first-order valence-corrected chi connectivity index (χ1v) is 11.1. The molecule has 0 spiro atoms. The number of unbranched alkanes of at least 4 members (excludes halogenated alkanes) is 5. The van der Waals surface area contributed by atoms with Gasteiger partial charge in [0.05, 0.1) is 18.3 Å². The van der Waals surface area contributed by atoms with Gasteiger partial charge in [-0.05, 0) is 33.1 Å². The molecule has 1 rings (SSSR count). The number of aliphatic hydroxyl groups is 2. The monoisotopic (exact) mass is 396 g/mol. The maximum absolute atomic E-state index is 12.2. The van der Waals surface area contributed by atoms with Crippen LogP contribution in [0.2, 0.25) is 0 Å². The number of aliphatic hydroxyl groups excluding tert-OH is 2. The third-order valence-electron chi connectivity index (χ3n) is 5.40. The lowest BCUT2D eigenvalue weighted by Crippen LogP contribution is -2.19. The molecular formula is C23H40O5. The Bertz CT molecular complexity index is 485. The average molecular weight is 397 g/mol. The molecule has 1 aliphatic carbocycles. The Morgan fingerprint density at radius 1 is 1.18 bits per heavy atom. The summed E-state index contributed by atoms with van der Waals surface area (Å²) in [6.07, 6.45) is 11.4. The lowest BCUT2D eigenvalue weighted by Gasteiger charge is -2.18. The summed E-state index contributed by atoms with van der Waals surface area (Å²) in [5.74, 6) is -0.357. The van der Waals surface area contributed by atoms with E-state index < -0.39 is 12.2 Å². The quantitative estimate of drug-likeness (QED) is 0.259. The molecule has 0 aliphatic heterocycles. The number of hydrogen-bond donors (Lipinski definition) is 2. The molecule has 0 aromatic carbocycles. The number of Topliss-reactive ketones (excluding diaryl/α,β-unsaturated/α-hetero) is 1. The van der Waals surface area contributed by atoms with Crippen LogP contribution >= 0.6 is 0 Å². The SMILES string of the molecule is CCCCCC(O)C=CC1C(O)CC(=O)C1CCCCCCC(=O)OC(C)C. The van der Waals surface area contributed by atoms with Crippen LogP contribution in [0.25, 0.3) is 0 Å². The highest BCUT2D eigenvalue weighted by atomic mass is 16.5. The van der Waals surface area contributed by atoms with Crippen LogP contribution in [0.4, 0.5) is 0 Å². The minimum Gasteiger partial charge on any atom is -0.463 e. The Morgan fingerprint density at radius 2 is 1.89 bits per heavy atom. The van der Waals surface area contributed by atoms with Crippen LogP contribution < -0.4 is 0 Å². The average Bonchev–Trinajstić information content (AvgIpc) is 2.88. The molecule has 4 unspecified atom stereocenters. The van der Waals surface area contributed by atoms with Crippen LogP contribution in [0.15, 0.2) is 12.2 Å². The smallest absolute Gasteiger partial charge is 0.306 e. The van der Waals surface area contributed by atoms with Gasteiger partial charge in [-0.25, -0.2) is 0 Å². The Morgan fingerprint density at radius 3 is 2.57 bits per heavy atom. The van der Waals surface area contributed by atoms with E-state index in [0.29, 0.717) is 6.42 Å². The Balaban J connectivity index is 2.33. The van der Waals surface area contributed by atoms with E-state index in [1.807, 2.05) is 19.9 Å². The topological polar surface area (TPSA) is 83.8 Å². The number of ether oxygens (including phenoxy) is 1. The van der Waals surface area contributed by atoms with Crippen molar-refractivity contribution in [1.82, 2.24) is 0 Å². The van der Waals surface area contributed by atoms with Crippen LogP contribution in [-0.4, -0.2) is 40.3 Å². The van der Waals surface area contributed by atoms with Crippen LogP contribution in [0.5, 0.6) is 0 Å². The molecule has 1 fully saturated rings. The fourth-order valence-electron chi connectivity index (χ4n) is 3.86. The largest absolute Gasteiger partial charge is 0.463 e. The van der Waals surface area contributed by atoms with Crippen molar-refractivity contribution < 1.29 is 24.5 Å². The molecule has 2 N–H and O–H groups in total. The zero-order valence-corrected chi connectivity index (χ0v) is 17.9. The van der Waals surface area contributed by atoms with Gasteiger partial charge in [0.1, 0.15) is 5.78 Å². The van der Waals surface area contributed by atoms with Crippen LogP contribution in [-0.2, 0) is 14.3 Å². The van der Waals surface area contributed by atoms with Crippen molar-refractivity contribution in [3.8, 4) is 0 Å². The second kappa shape index (κ2) is 13.9. The third kappa shape index (κ3) is 9.83. The number of esters is 1. The molecule has 1 saturated carbocycles. The maximum Gasteiger partial charge on any atom is 0.306 e. The van der Waals surface area contributed by atoms with Gasteiger partial charge in [0.25, 0.3) is 0 Å². The van der Waals surface area contributed by atoms with Crippen LogP contribution in [0.1, 0.15) is 91.4 Å². The summed E-state index contributed by atoms with van der Waals surface area (Å²) in [5, 5.41) is 20.3. The second-order valence-electron chi connectivity index (χ2n) is 8.36. The molecule has 1 aliphatic rings. The Hall–Kier alpha value is -1.20. The summed E-state index contributed by atoms with van der Waals surface area (Å²) < 4.78 is 5.12. The molecule has 28 heavy (non-hydrogen) atoms. The van der Waals surface area contributed by atoms with E-state index in [-0.39, 0.29) is 36.1 Å². The van der Waals surface area contributed by atoms with Crippen molar-refractivity contribution >= 4 is 11.8 Å². The summed E-state index contributed by atoms with van der Waals surface area (Å²) >= 11 is 0. The fourth-order valence-corrected chi connectivity index (χ4v) is 3.86. The maximum atomic E-state index is 12.2. The van der Waals surface area contributed by atoms with Gasteiger partial charge in [-0.1, -0.05) is 57.6 Å². The van der Waals surface area contributed by atoms with Gasteiger partial charge >= 0.3 is 5.97 Å². The first kappa shape index (κ1) is 24.8. The zero-order chi connectivity index (χ0) is 20.9. The van der Waals surface area contributed by atoms with Gasteiger partial charge in [0, 0.05) is 24.7 Å². The highest BCUT2D eigenvalue weighted by Crippen LogP contribution is 2.34. The van der Waals surface area contributed by atoms with Crippen molar-refractivity contribution in [3.63, 3.8) is 0 Å². The number of hydrogen-bond acceptors (Lipinski definition) is 5. The van der Waals surface area contributed by atoms with Crippen molar-refractivity contribution in [2.75, 3.05) is 0 Å². The molecule has 0 aromatic heterocycles. The van der Waals surface area contributed by atoms with Crippen LogP contribution in [0, 0.1) is 11.8 Å². The Labute approximate surface area is 170 Å². The molecule has 0 aromatic rings. The predicted octanol–water partition coefficient (Wildman–Crippen LogP) is 4.34. The summed E-state index contributed by atoms with van der Waals surface area (Å²) in [6, 6.07) is 0. The second-order valence-corrected chi connectivity index (χ2v) is 8.36. The standard InChI is InChI=1S/C23H40O5/c1-4-5-8-11-18(24)14-15-20-19(21(25)16-22(20)26)12-9-6-7-10-13-23(27)28-17(2)3/h14-15,17-20,22,24,26H,4-13,16H2,1-3H3. The van der Waals surface area contributed by atoms with Crippen molar-refractivity contribution in [2.45, 2.75) is 110 Å². The number of carbonyl (C=O) groups is 2. The van der Waals surface area contributed by atoms with Crippen molar-refractivity contribution in [2.24, 2.45) is 11.8 Å². The molecule has 0 radical (unpaired) electrons. The first-order valence-electron chi connectivity index (χ1n) is 11.1. The normalized spacial score (nSPS) is 23.6. The third-order valence-corrected chi connectivity index (χ3v) is 5.40. The highest BCUT2D eigenvalue weighted by Gasteiger charge is 2.39. The first-order chi connectivity index (χ1) is 13.3. The zero-order valence-electron chi connectivity index (χ0n) is 17.9. The minimum atomic E-state index is -0.637. The van der Waals surface area contributed by atoms with E-state index in [0.717, 1.165) is 57.8 Å². The Kier molecular flexibility index (Phi) is 12.3. The van der Waals surface area contributed by atoms with Crippen molar-refractivity contribution in [3.05, 3.63) is 12.2 Å². The van der Waals surface area contributed by atoms with E-state index in [1.54, 1.807) is 6.08 Å².